The minimum absolute atomic E-state index is 0.145. The Morgan fingerprint density at radius 2 is 1.90 bits per heavy atom. The summed E-state index contributed by atoms with van der Waals surface area (Å²) < 4.78 is 27.4. The Hall–Kier alpha value is -1.22. The smallest absolute Gasteiger partial charge is 0.312 e. The number of carboxylic acids is 1. The monoisotopic (exact) mass is 389 g/mol. The molecule has 1 aromatic carbocycles. The van der Waals surface area contributed by atoms with Crippen LogP contribution in [0.5, 0.6) is 0 Å². The molecule has 0 radical (unpaired) electrons. The van der Waals surface area contributed by atoms with Crippen molar-refractivity contribution in [3.63, 3.8) is 0 Å². The number of hydrogen-bond donors (Lipinski definition) is 2. The Balaban J connectivity index is 2.14. The van der Waals surface area contributed by atoms with Gasteiger partial charge in [-0.3, -0.25) is 4.79 Å². The number of sulfonamides is 1. The highest BCUT2D eigenvalue weighted by atomic mass is 79.9. The van der Waals surface area contributed by atoms with Crippen LogP contribution in [0, 0.1) is 0 Å². The highest BCUT2D eigenvalue weighted by Gasteiger charge is 2.24. The van der Waals surface area contributed by atoms with Crippen molar-refractivity contribution in [3.8, 4) is 0 Å². The molecule has 0 saturated carbocycles. The summed E-state index contributed by atoms with van der Waals surface area (Å²) in [5.41, 5.74) is 0.556. The highest BCUT2D eigenvalue weighted by molar-refractivity contribution is 9.11. The van der Waals surface area contributed by atoms with Crippen LogP contribution in [-0.4, -0.2) is 26.0 Å². The normalized spacial score (nSPS) is 13.0. The second-order valence-corrected chi connectivity index (χ2v) is 8.67. The maximum absolute atomic E-state index is 12.1. The molecule has 2 aromatic rings. The number of thiophene rings is 1. The lowest BCUT2D eigenvalue weighted by molar-refractivity contribution is -0.138. The van der Waals surface area contributed by atoms with Crippen LogP contribution in [0.3, 0.4) is 0 Å². The molecular formula is C13H12BrNO4S2. The van der Waals surface area contributed by atoms with E-state index >= 15 is 0 Å². The first-order valence-corrected chi connectivity index (χ1v) is 9.02. The fraction of sp³-hybridized carbons (Fsp3) is 0.154. The average Bonchev–Trinajstić information content (AvgIpc) is 2.87. The first-order valence-electron chi connectivity index (χ1n) is 5.93. The van der Waals surface area contributed by atoms with Crippen molar-refractivity contribution in [2.45, 2.75) is 10.1 Å². The number of carbonyl (C=O) groups is 1. The Kier molecular flexibility index (Phi) is 5.15. The minimum atomic E-state index is -3.70. The predicted octanol–water partition coefficient (Wildman–Crippen LogP) is 2.66. The fourth-order valence-corrected chi connectivity index (χ4v) is 4.84. The summed E-state index contributed by atoms with van der Waals surface area (Å²) in [6.07, 6.45) is 0. The average molecular weight is 390 g/mol. The molecule has 21 heavy (non-hydrogen) atoms. The second kappa shape index (κ2) is 6.69. The van der Waals surface area contributed by atoms with E-state index in [-0.39, 0.29) is 10.8 Å². The van der Waals surface area contributed by atoms with Gasteiger partial charge >= 0.3 is 5.97 Å². The zero-order chi connectivity index (χ0) is 15.5. The molecule has 1 aromatic heterocycles. The van der Waals surface area contributed by atoms with Crippen molar-refractivity contribution in [1.29, 1.82) is 0 Å². The van der Waals surface area contributed by atoms with Gasteiger partial charge in [-0.05, 0) is 33.6 Å². The van der Waals surface area contributed by atoms with Gasteiger partial charge in [-0.2, -0.15) is 0 Å². The maximum atomic E-state index is 12.1. The summed E-state index contributed by atoms with van der Waals surface area (Å²) in [5.74, 6) is -2.00. The van der Waals surface area contributed by atoms with Crippen LogP contribution in [0.15, 0.2) is 50.5 Å². The van der Waals surface area contributed by atoms with Crippen LogP contribution in [0.2, 0.25) is 0 Å². The van der Waals surface area contributed by atoms with Crippen LogP contribution in [-0.2, 0) is 14.8 Å². The Morgan fingerprint density at radius 1 is 1.24 bits per heavy atom. The molecule has 0 amide bonds. The van der Waals surface area contributed by atoms with E-state index in [1.54, 1.807) is 36.4 Å². The van der Waals surface area contributed by atoms with E-state index < -0.39 is 21.9 Å². The van der Waals surface area contributed by atoms with Crippen molar-refractivity contribution < 1.29 is 18.3 Å². The molecule has 2 rings (SSSR count). The van der Waals surface area contributed by atoms with E-state index in [1.165, 1.54) is 6.07 Å². The first kappa shape index (κ1) is 16.2. The van der Waals surface area contributed by atoms with E-state index in [9.17, 15) is 18.3 Å². The number of hydrogen-bond acceptors (Lipinski definition) is 4. The number of nitrogens with one attached hydrogen (secondary N) is 1. The van der Waals surface area contributed by atoms with Gasteiger partial charge in [0.25, 0.3) is 0 Å². The first-order chi connectivity index (χ1) is 9.90. The van der Waals surface area contributed by atoms with Crippen molar-refractivity contribution in [3.05, 3.63) is 51.8 Å². The third-order valence-corrected chi connectivity index (χ3v) is 6.33. The molecule has 0 saturated heterocycles. The number of benzene rings is 1. The molecule has 0 aliphatic heterocycles. The van der Waals surface area contributed by atoms with Crippen LogP contribution < -0.4 is 4.72 Å². The molecule has 1 atom stereocenters. The quantitative estimate of drug-likeness (QED) is 0.795. The van der Waals surface area contributed by atoms with Crippen molar-refractivity contribution in [2.75, 3.05) is 6.54 Å². The third kappa shape index (κ3) is 4.13. The lowest BCUT2D eigenvalue weighted by atomic mass is 10.00. The lowest BCUT2D eigenvalue weighted by Gasteiger charge is -2.13. The van der Waals surface area contributed by atoms with E-state index in [4.69, 9.17) is 0 Å². The topological polar surface area (TPSA) is 83.5 Å². The third-order valence-electron chi connectivity index (χ3n) is 2.79. The van der Waals surface area contributed by atoms with Crippen molar-refractivity contribution in [2.24, 2.45) is 0 Å². The number of carboxylic acid groups (broad SMARTS) is 1. The fourth-order valence-electron chi connectivity index (χ4n) is 1.74. The highest BCUT2D eigenvalue weighted by Crippen LogP contribution is 2.26. The Morgan fingerprint density at radius 3 is 2.43 bits per heavy atom. The standard InChI is InChI=1S/C13H12BrNO4S2/c14-11-6-7-12(20-11)21(18,19)15-8-10(13(16)17)9-4-2-1-3-5-9/h1-7,10,15H,8H2,(H,16,17). The van der Waals surface area contributed by atoms with Crippen molar-refractivity contribution in [1.82, 2.24) is 4.72 Å². The maximum Gasteiger partial charge on any atom is 0.312 e. The molecule has 0 spiro atoms. The summed E-state index contributed by atoms with van der Waals surface area (Å²) in [6, 6.07) is 11.6. The molecule has 5 nitrogen and oxygen atoms in total. The Labute approximate surface area is 134 Å². The molecular weight excluding hydrogens is 378 g/mol. The molecule has 0 bridgehead atoms. The summed E-state index contributed by atoms with van der Waals surface area (Å²) >= 11 is 4.27. The van der Waals surface area contributed by atoms with Gasteiger partial charge in [0.05, 0.1) is 9.70 Å². The van der Waals surface area contributed by atoms with Gasteiger partial charge in [-0.1, -0.05) is 30.3 Å². The summed E-state index contributed by atoms with van der Waals surface area (Å²) in [6.45, 7) is -0.197. The van der Waals surface area contributed by atoms with Gasteiger partial charge < -0.3 is 5.11 Å². The zero-order valence-electron chi connectivity index (χ0n) is 10.7. The van der Waals surface area contributed by atoms with E-state index in [0.717, 1.165) is 11.3 Å². The predicted molar refractivity (Wildman–Crippen MR) is 84.0 cm³/mol. The van der Waals surface area contributed by atoms with Gasteiger partial charge in [0, 0.05) is 6.54 Å². The molecule has 0 aliphatic rings. The van der Waals surface area contributed by atoms with Gasteiger partial charge in [0.15, 0.2) is 0 Å². The van der Waals surface area contributed by atoms with Gasteiger partial charge in [0.2, 0.25) is 10.0 Å². The van der Waals surface area contributed by atoms with Crippen LogP contribution in [0.25, 0.3) is 0 Å². The number of aliphatic carboxylic acids is 1. The zero-order valence-corrected chi connectivity index (χ0v) is 13.9. The molecule has 112 valence electrons. The molecule has 2 N–H and O–H groups in total. The van der Waals surface area contributed by atoms with Gasteiger partial charge in [-0.25, -0.2) is 13.1 Å². The van der Waals surface area contributed by atoms with Crippen LogP contribution >= 0.6 is 27.3 Å². The lowest BCUT2D eigenvalue weighted by Crippen LogP contribution is -2.31. The van der Waals surface area contributed by atoms with Crippen LogP contribution in [0.1, 0.15) is 11.5 Å². The van der Waals surface area contributed by atoms with Crippen molar-refractivity contribution >= 4 is 43.3 Å². The Bertz CT molecular complexity index is 728. The molecule has 0 aliphatic carbocycles. The number of halogens is 1. The largest absolute Gasteiger partial charge is 0.481 e. The van der Waals surface area contributed by atoms with Gasteiger partial charge in [0.1, 0.15) is 4.21 Å². The minimum Gasteiger partial charge on any atom is -0.481 e. The van der Waals surface area contributed by atoms with Gasteiger partial charge in [-0.15, -0.1) is 11.3 Å². The molecule has 1 unspecified atom stereocenters. The summed E-state index contributed by atoms with van der Waals surface area (Å²) in [5, 5.41) is 9.26. The van der Waals surface area contributed by atoms with E-state index in [0.29, 0.717) is 9.35 Å². The summed E-state index contributed by atoms with van der Waals surface area (Å²) in [4.78, 5) is 11.3. The molecule has 0 fully saturated rings. The van der Waals surface area contributed by atoms with E-state index in [2.05, 4.69) is 20.7 Å². The SMILES string of the molecule is O=C(O)C(CNS(=O)(=O)c1ccc(Br)s1)c1ccccc1. The molecule has 1 heterocycles. The second-order valence-electron chi connectivity index (χ2n) is 4.21. The summed E-state index contributed by atoms with van der Waals surface area (Å²) in [7, 11) is -3.70. The molecule has 8 heteroatoms. The number of rotatable bonds is 6. The van der Waals surface area contributed by atoms with E-state index in [1.807, 2.05) is 0 Å². The van der Waals surface area contributed by atoms with Crippen LogP contribution in [0.4, 0.5) is 0 Å².